The molecule has 1 aromatic rings. The maximum atomic E-state index is 10.0. The van der Waals surface area contributed by atoms with Crippen molar-refractivity contribution in [2.45, 2.75) is 32.1 Å². The van der Waals surface area contributed by atoms with Crippen LogP contribution in [-0.2, 0) is 16.1 Å². The number of aliphatic hydroxyl groups is 1. The minimum Gasteiger partial charge on any atom is -0.467 e. The number of nitrogens with zero attached hydrogens (tertiary/aromatic N) is 1. The molecular formula is C14H23NO4. The summed E-state index contributed by atoms with van der Waals surface area (Å²) in [6, 6.07) is 4.10. The van der Waals surface area contributed by atoms with Gasteiger partial charge in [0.15, 0.2) is 0 Å². The Morgan fingerprint density at radius 3 is 3.21 bits per heavy atom. The third-order valence-corrected chi connectivity index (χ3v) is 3.40. The summed E-state index contributed by atoms with van der Waals surface area (Å²) in [5, 5.41) is 10.0. The van der Waals surface area contributed by atoms with Crippen molar-refractivity contribution in [2.24, 2.45) is 0 Å². The largest absolute Gasteiger partial charge is 0.467 e. The number of hydrogen-bond donors (Lipinski definition) is 1. The molecule has 0 aliphatic carbocycles. The molecule has 1 fully saturated rings. The van der Waals surface area contributed by atoms with Crippen LogP contribution >= 0.6 is 0 Å². The Balaban J connectivity index is 1.66. The van der Waals surface area contributed by atoms with Crippen molar-refractivity contribution >= 4 is 0 Å². The van der Waals surface area contributed by atoms with Crippen LogP contribution in [0.15, 0.2) is 22.8 Å². The van der Waals surface area contributed by atoms with Crippen molar-refractivity contribution in [1.82, 2.24) is 4.90 Å². The molecule has 5 heteroatoms. The molecule has 2 unspecified atom stereocenters. The fraction of sp³-hybridized carbons (Fsp3) is 0.714. The van der Waals surface area contributed by atoms with Gasteiger partial charge in [-0.1, -0.05) is 6.92 Å². The molecular weight excluding hydrogens is 246 g/mol. The molecule has 0 aromatic carbocycles. The van der Waals surface area contributed by atoms with Gasteiger partial charge in [0.25, 0.3) is 0 Å². The van der Waals surface area contributed by atoms with E-state index in [1.54, 1.807) is 6.26 Å². The summed E-state index contributed by atoms with van der Waals surface area (Å²) in [5.74, 6) is 0.782. The summed E-state index contributed by atoms with van der Waals surface area (Å²) in [7, 11) is 0. The molecule has 1 aliphatic rings. The predicted octanol–water partition coefficient (Wildman–Crippen LogP) is 1.27. The van der Waals surface area contributed by atoms with Gasteiger partial charge in [-0.25, -0.2) is 0 Å². The first-order chi connectivity index (χ1) is 9.29. The Morgan fingerprint density at radius 1 is 1.58 bits per heavy atom. The third-order valence-electron chi connectivity index (χ3n) is 3.40. The Bertz CT molecular complexity index is 341. The van der Waals surface area contributed by atoms with E-state index in [1.165, 1.54) is 0 Å². The molecule has 1 N–H and O–H groups in total. The first kappa shape index (κ1) is 14.5. The third kappa shape index (κ3) is 4.62. The average molecular weight is 269 g/mol. The topological polar surface area (TPSA) is 55.1 Å². The molecule has 0 radical (unpaired) electrons. The van der Waals surface area contributed by atoms with E-state index in [0.29, 0.717) is 25.8 Å². The van der Waals surface area contributed by atoms with Gasteiger partial charge < -0.3 is 19.0 Å². The van der Waals surface area contributed by atoms with Gasteiger partial charge in [-0.2, -0.15) is 0 Å². The van der Waals surface area contributed by atoms with E-state index in [-0.39, 0.29) is 0 Å². The van der Waals surface area contributed by atoms with Crippen LogP contribution in [0.2, 0.25) is 0 Å². The second-order valence-corrected chi connectivity index (χ2v) is 4.88. The summed E-state index contributed by atoms with van der Waals surface area (Å²) in [6.45, 7) is 5.91. The van der Waals surface area contributed by atoms with E-state index in [4.69, 9.17) is 13.9 Å². The van der Waals surface area contributed by atoms with Crippen LogP contribution in [0.25, 0.3) is 0 Å². The summed E-state index contributed by atoms with van der Waals surface area (Å²) in [4.78, 5) is 2.28. The highest BCUT2D eigenvalue weighted by Gasteiger charge is 2.23. The molecule has 2 atom stereocenters. The zero-order valence-corrected chi connectivity index (χ0v) is 11.5. The zero-order valence-electron chi connectivity index (χ0n) is 11.5. The number of rotatable bonds is 7. The Labute approximate surface area is 114 Å². The lowest BCUT2D eigenvalue weighted by molar-refractivity contribution is -0.0464. The predicted molar refractivity (Wildman–Crippen MR) is 70.8 cm³/mol. The highest BCUT2D eigenvalue weighted by atomic mass is 16.5. The van der Waals surface area contributed by atoms with Crippen molar-refractivity contribution < 1.29 is 19.0 Å². The van der Waals surface area contributed by atoms with Gasteiger partial charge in [-0.15, -0.1) is 0 Å². The van der Waals surface area contributed by atoms with Gasteiger partial charge in [-0.3, -0.25) is 4.90 Å². The Hall–Kier alpha value is -0.880. The quantitative estimate of drug-likeness (QED) is 0.808. The van der Waals surface area contributed by atoms with Gasteiger partial charge in [0.2, 0.25) is 0 Å². The van der Waals surface area contributed by atoms with Crippen molar-refractivity contribution in [2.75, 3.05) is 32.9 Å². The van der Waals surface area contributed by atoms with E-state index >= 15 is 0 Å². The van der Waals surface area contributed by atoms with Crippen LogP contribution in [0.3, 0.4) is 0 Å². The molecule has 1 aromatic heterocycles. The van der Waals surface area contributed by atoms with Gasteiger partial charge in [0.05, 0.1) is 32.2 Å². The van der Waals surface area contributed by atoms with Crippen molar-refractivity contribution in [1.29, 1.82) is 0 Å². The molecule has 2 heterocycles. The minimum atomic E-state index is -0.470. The molecule has 0 amide bonds. The molecule has 0 saturated carbocycles. The number of furan rings is 1. The second-order valence-electron chi connectivity index (χ2n) is 4.88. The highest BCUT2D eigenvalue weighted by Crippen LogP contribution is 2.11. The standard InChI is InChI=1S/C14H23NO4/c1-2-12-9-17-7-5-15(12)8-13(16)10-18-11-14-4-3-6-19-14/h3-4,6,12-13,16H,2,5,7-11H2,1H3. The summed E-state index contributed by atoms with van der Waals surface area (Å²) >= 11 is 0. The summed E-state index contributed by atoms with van der Waals surface area (Å²) in [6.07, 6.45) is 2.19. The first-order valence-corrected chi connectivity index (χ1v) is 6.89. The number of morpholine rings is 1. The van der Waals surface area contributed by atoms with Crippen LogP contribution < -0.4 is 0 Å². The Morgan fingerprint density at radius 2 is 2.47 bits per heavy atom. The zero-order chi connectivity index (χ0) is 13.5. The van der Waals surface area contributed by atoms with Crippen molar-refractivity contribution in [3.05, 3.63) is 24.2 Å². The van der Waals surface area contributed by atoms with E-state index in [2.05, 4.69) is 11.8 Å². The SMILES string of the molecule is CCC1COCCN1CC(O)COCc1ccco1. The Kier molecular flexibility index (Phi) is 5.85. The van der Waals surface area contributed by atoms with Crippen LogP contribution in [0, 0.1) is 0 Å². The molecule has 0 bridgehead atoms. The van der Waals surface area contributed by atoms with E-state index in [0.717, 1.165) is 31.9 Å². The number of hydrogen-bond acceptors (Lipinski definition) is 5. The average Bonchev–Trinajstić information content (AvgIpc) is 2.92. The van der Waals surface area contributed by atoms with E-state index in [9.17, 15) is 5.11 Å². The van der Waals surface area contributed by atoms with Crippen molar-refractivity contribution in [3.63, 3.8) is 0 Å². The molecule has 1 saturated heterocycles. The van der Waals surface area contributed by atoms with Crippen LogP contribution in [0.4, 0.5) is 0 Å². The van der Waals surface area contributed by atoms with Crippen LogP contribution in [0.5, 0.6) is 0 Å². The summed E-state index contributed by atoms with van der Waals surface area (Å²) < 4.78 is 16.1. The lowest BCUT2D eigenvalue weighted by atomic mass is 10.1. The van der Waals surface area contributed by atoms with Crippen LogP contribution in [0.1, 0.15) is 19.1 Å². The van der Waals surface area contributed by atoms with Gasteiger partial charge in [0, 0.05) is 19.1 Å². The highest BCUT2D eigenvalue weighted by molar-refractivity contribution is 4.96. The van der Waals surface area contributed by atoms with E-state index in [1.807, 2.05) is 12.1 Å². The van der Waals surface area contributed by atoms with Crippen molar-refractivity contribution in [3.8, 4) is 0 Å². The monoisotopic (exact) mass is 269 g/mol. The smallest absolute Gasteiger partial charge is 0.129 e. The van der Waals surface area contributed by atoms with E-state index < -0.39 is 6.10 Å². The first-order valence-electron chi connectivity index (χ1n) is 6.89. The fourth-order valence-electron chi connectivity index (χ4n) is 2.32. The number of aliphatic hydroxyl groups excluding tert-OH is 1. The maximum Gasteiger partial charge on any atom is 0.129 e. The van der Waals surface area contributed by atoms with Gasteiger partial charge >= 0.3 is 0 Å². The molecule has 2 rings (SSSR count). The van der Waals surface area contributed by atoms with Crippen LogP contribution in [-0.4, -0.2) is 55.1 Å². The number of β-amino-alcohol motifs (C(OH)–C–C–N with tert-alkyl or cyclic N) is 1. The molecule has 1 aliphatic heterocycles. The lowest BCUT2D eigenvalue weighted by Crippen LogP contribution is -2.48. The molecule has 5 nitrogen and oxygen atoms in total. The summed E-state index contributed by atoms with van der Waals surface area (Å²) in [5.41, 5.74) is 0. The molecule has 0 spiro atoms. The van der Waals surface area contributed by atoms with Gasteiger partial charge in [-0.05, 0) is 18.6 Å². The maximum absolute atomic E-state index is 10.0. The molecule has 19 heavy (non-hydrogen) atoms. The number of ether oxygens (including phenoxy) is 2. The lowest BCUT2D eigenvalue weighted by Gasteiger charge is -2.36. The molecule has 108 valence electrons. The van der Waals surface area contributed by atoms with Gasteiger partial charge in [0.1, 0.15) is 12.4 Å². The second kappa shape index (κ2) is 7.65. The normalized spacial score (nSPS) is 22.5. The minimum absolute atomic E-state index is 0.328. The fourth-order valence-corrected chi connectivity index (χ4v) is 2.32.